The normalized spacial score (nSPS) is 28.7. The molecule has 8 heteroatoms. The SMILES string of the molecule is CCCC12C=CC=C(N3CCC(c4onc5cc(F)ccc45)CC3)C1(O)C(=O)NC2=O. The van der Waals surface area contributed by atoms with Gasteiger partial charge in [0, 0.05) is 30.5 Å². The molecule has 162 valence electrons. The van der Waals surface area contributed by atoms with Gasteiger partial charge in [-0.05, 0) is 37.5 Å². The van der Waals surface area contributed by atoms with Crippen LogP contribution in [0.4, 0.5) is 4.39 Å². The molecule has 31 heavy (non-hydrogen) atoms. The standard InChI is InChI=1S/C23H24FN3O4/c1-2-9-22-10-3-4-18(23(22,30)21(29)25-20(22)28)27-11-7-14(8-12-27)19-16-6-5-15(24)13-17(16)26-31-19/h3-6,10,13-14,30H,2,7-9,11-12H2,1H3,(H,25,28,29). The zero-order chi connectivity index (χ0) is 21.8. The number of benzene rings is 1. The molecular formula is C23H24FN3O4. The third kappa shape index (κ3) is 2.70. The van der Waals surface area contributed by atoms with Gasteiger partial charge >= 0.3 is 0 Å². The van der Waals surface area contributed by atoms with Gasteiger partial charge in [0.15, 0.2) is 0 Å². The molecule has 0 spiro atoms. The Morgan fingerprint density at radius 3 is 2.81 bits per heavy atom. The number of hydrogen-bond donors (Lipinski definition) is 2. The van der Waals surface area contributed by atoms with Crippen LogP contribution in [0.1, 0.15) is 44.3 Å². The van der Waals surface area contributed by atoms with Crippen LogP contribution in [0.5, 0.6) is 0 Å². The molecule has 0 saturated carbocycles. The number of imide groups is 1. The lowest BCUT2D eigenvalue weighted by atomic mass is 9.66. The molecule has 7 nitrogen and oxygen atoms in total. The minimum absolute atomic E-state index is 0.0977. The molecule has 1 aromatic heterocycles. The zero-order valence-electron chi connectivity index (χ0n) is 17.2. The number of hydrogen-bond acceptors (Lipinski definition) is 6. The van der Waals surface area contributed by atoms with Crippen LogP contribution in [-0.2, 0) is 9.59 Å². The topological polar surface area (TPSA) is 95.7 Å². The molecule has 1 aromatic carbocycles. The lowest BCUT2D eigenvalue weighted by Gasteiger charge is -2.45. The number of piperidine rings is 1. The van der Waals surface area contributed by atoms with E-state index in [9.17, 15) is 19.1 Å². The van der Waals surface area contributed by atoms with Crippen LogP contribution in [-0.4, -0.2) is 45.7 Å². The van der Waals surface area contributed by atoms with Gasteiger partial charge in [-0.1, -0.05) is 30.7 Å². The molecule has 2 amide bonds. The first-order chi connectivity index (χ1) is 14.9. The van der Waals surface area contributed by atoms with Crippen molar-refractivity contribution in [2.24, 2.45) is 5.41 Å². The summed E-state index contributed by atoms with van der Waals surface area (Å²) in [5.74, 6) is -0.626. The molecule has 2 fully saturated rings. The number of aromatic nitrogens is 1. The van der Waals surface area contributed by atoms with Crippen molar-refractivity contribution in [3.63, 3.8) is 0 Å². The molecule has 3 aliphatic rings. The number of rotatable bonds is 4. The molecule has 5 rings (SSSR count). The minimum Gasteiger partial charge on any atom is -0.373 e. The third-order valence-corrected chi connectivity index (χ3v) is 6.93. The van der Waals surface area contributed by atoms with E-state index in [1.807, 2.05) is 11.8 Å². The molecule has 2 saturated heterocycles. The summed E-state index contributed by atoms with van der Waals surface area (Å²) in [4.78, 5) is 27.4. The van der Waals surface area contributed by atoms with Crippen LogP contribution in [0.25, 0.3) is 10.9 Å². The van der Waals surface area contributed by atoms with Gasteiger partial charge in [-0.25, -0.2) is 4.39 Å². The highest BCUT2D eigenvalue weighted by atomic mass is 19.1. The van der Waals surface area contributed by atoms with E-state index in [-0.39, 0.29) is 11.7 Å². The smallest absolute Gasteiger partial charge is 0.266 e. The highest BCUT2D eigenvalue weighted by molar-refractivity contribution is 6.14. The van der Waals surface area contributed by atoms with Crippen molar-refractivity contribution < 1.29 is 23.6 Å². The summed E-state index contributed by atoms with van der Waals surface area (Å²) in [6.07, 6.45) is 7.63. The number of aliphatic hydroxyl groups is 1. The maximum absolute atomic E-state index is 13.5. The van der Waals surface area contributed by atoms with E-state index in [0.29, 0.717) is 37.1 Å². The van der Waals surface area contributed by atoms with Crippen molar-refractivity contribution in [3.8, 4) is 0 Å². The fraction of sp³-hybridized carbons (Fsp3) is 0.435. The third-order valence-electron chi connectivity index (χ3n) is 6.93. The number of fused-ring (bicyclic) bond motifs is 2. The molecule has 2 aliphatic heterocycles. The van der Waals surface area contributed by atoms with Crippen molar-refractivity contribution in [1.82, 2.24) is 15.4 Å². The molecule has 0 bridgehead atoms. The Hall–Kier alpha value is -3.00. The number of halogens is 1. The van der Waals surface area contributed by atoms with E-state index in [1.54, 1.807) is 24.3 Å². The van der Waals surface area contributed by atoms with Crippen molar-refractivity contribution in [2.45, 2.75) is 44.1 Å². The van der Waals surface area contributed by atoms with E-state index >= 15 is 0 Å². The molecule has 0 radical (unpaired) electrons. The first kappa shape index (κ1) is 19.9. The largest absolute Gasteiger partial charge is 0.373 e. The molecule has 3 heterocycles. The van der Waals surface area contributed by atoms with Crippen LogP contribution in [0.15, 0.2) is 46.6 Å². The Balaban J connectivity index is 1.40. The molecular weight excluding hydrogens is 401 g/mol. The number of carbonyl (C=O) groups excluding carboxylic acids is 2. The van der Waals surface area contributed by atoms with Gasteiger partial charge in [0.1, 0.15) is 22.5 Å². The maximum atomic E-state index is 13.5. The van der Waals surface area contributed by atoms with Crippen molar-refractivity contribution in [2.75, 3.05) is 13.1 Å². The second-order valence-corrected chi connectivity index (χ2v) is 8.60. The summed E-state index contributed by atoms with van der Waals surface area (Å²) >= 11 is 0. The van der Waals surface area contributed by atoms with Crippen LogP contribution < -0.4 is 5.32 Å². The van der Waals surface area contributed by atoms with Crippen molar-refractivity contribution in [3.05, 3.63) is 53.7 Å². The lowest BCUT2D eigenvalue weighted by Crippen LogP contribution is -2.57. The van der Waals surface area contributed by atoms with Gasteiger partial charge in [0.05, 0.1) is 5.70 Å². The summed E-state index contributed by atoms with van der Waals surface area (Å²) in [5.41, 5.74) is -2.21. The van der Waals surface area contributed by atoms with E-state index in [4.69, 9.17) is 4.52 Å². The monoisotopic (exact) mass is 425 g/mol. The van der Waals surface area contributed by atoms with Crippen LogP contribution >= 0.6 is 0 Å². The number of carbonyl (C=O) groups is 2. The van der Waals surface area contributed by atoms with Gasteiger partial charge in [-0.15, -0.1) is 0 Å². The maximum Gasteiger partial charge on any atom is 0.266 e. The molecule has 2 aromatic rings. The summed E-state index contributed by atoms with van der Waals surface area (Å²) in [7, 11) is 0. The summed E-state index contributed by atoms with van der Waals surface area (Å²) in [6, 6.07) is 4.44. The minimum atomic E-state index is -1.90. The van der Waals surface area contributed by atoms with Crippen molar-refractivity contribution in [1.29, 1.82) is 0 Å². The second kappa shape index (κ2) is 7.02. The van der Waals surface area contributed by atoms with Gasteiger partial charge in [0.2, 0.25) is 11.5 Å². The van der Waals surface area contributed by atoms with Crippen molar-refractivity contribution >= 4 is 22.7 Å². The van der Waals surface area contributed by atoms with E-state index in [2.05, 4.69) is 10.5 Å². The predicted molar refractivity (Wildman–Crippen MR) is 110 cm³/mol. The van der Waals surface area contributed by atoms with Gasteiger partial charge in [-0.3, -0.25) is 14.9 Å². The van der Waals surface area contributed by atoms with Gasteiger partial charge in [0.25, 0.3) is 5.91 Å². The van der Waals surface area contributed by atoms with E-state index < -0.39 is 22.8 Å². The lowest BCUT2D eigenvalue weighted by molar-refractivity contribution is -0.142. The quantitative estimate of drug-likeness (QED) is 0.732. The second-order valence-electron chi connectivity index (χ2n) is 8.60. The van der Waals surface area contributed by atoms with Gasteiger partial charge < -0.3 is 14.5 Å². The Morgan fingerprint density at radius 1 is 1.29 bits per heavy atom. The first-order valence-electron chi connectivity index (χ1n) is 10.7. The highest BCUT2D eigenvalue weighted by Gasteiger charge is 2.67. The van der Waals surface area contributed by atoms with Crippen LogP contribution in [0.3, 0.4) is 0 Å². The average Bonchev–Trinajstić information content (AvgIpc) is 3.25. The summed E-state index contributed by atoms with van der Waals surface area (Å²) in [5, 5.41) is 18.7. The average molecular weight is 425 g/mol. The number of likely N-dealkylation sites (tertiary alicyclic amines) is 1. The fourth-order valence-electron chi connectivity index (χ4n) is 5.36. The first-order valence-corrected chi connectivity index (χ1v) is 10.7. The van der Waals surface area contributed by atoms with Crippen LogP contribution in [0.2, 0.25) is 0 Å². The predicted octanol–water partition coefficient (Wildman–Crippen LogP) is 2.77. The number of amides is 2. The Morgan fingerprint density at radius 2 is 2.06 bits per heavy atom. The molecule has 1 aliphatic carbocycles. The molecule has 2 atom stereocenters. The fourth-order valence-corrected chi connectivity index (χ4v) is 5.36. The van der Waals surface area contributed by atoms with Gasteiger partial charge in [-0.2, -0.15) is 0 Å². The summed E-state index contributed by atoms with van der Waals surface area (Å²) < 4.78 is 19.0. The Bertz CT molecular complexity index is 1130. The zero-order valence-corrected chi connectivity index (χ0v) is 17.2. The van der Waals surface area contributed by atoms with E-state index in [1.165, 1.54) is 12.1 Å². The number of nitrogens with one attached hydrogen (secondary N) is 1. The van der Waals surface area contributed by atoms with E-state index in [0.717, 1.165) is 24.0 Å². The Labute approximate surface area is 178 Å². The molecule has 2 unspecified atom stereocenters. The number of nitrogens with zero attached hydrogens (tertiary/aromatic N) is 2. The van der Waals surface area contributed by atoms with Crippen LogP contribution in [0, 0.1) is 11.2 Å². The highest BCUT2D eigenvalue weighted by Crippen LogP contribution is 2.50. The Kier molecular flexibility index (Phi) is 4.51. The summed E-state index contributed by atoms with van der Waals surface area (Å²) in [6.45, 7) is 3.09. The molecule has 2 N–H and O–H groups in total. The number of allylic oxidation sites excluding steroid dienone is 2.